The SMILES string of the molecule is Cc1ccc(S(=O)(=O)N2CCCCC2C(=O)O)cc1C. The summed E-state index contributed by atoms with van der Waals surface area (Å²) in [6.07, 6.45) is 1.82. The maximum atomic E-state index is 12.6. The number of piperidine rings is 1. The van der Waals surface area contributed by atoms with Crippen LogP contribution >= 0.6 is 0 Å². The van der Waals surface area contributed by atoms with E-state index in [-0.39, 0.29) is 11.4 Å². The number of sulfonamides is 1. The minimum absolute atomic E-state index is 0.175. The van der Waals surface area contributed by atoms with Gasteiger partial charge in [-0.2, -0.15) is 4.31 Å². The highest BCUT2D eigenvalue weighted by Crippen LogP contribution is 2.26. The minimum Gasteiger partial charge on any atom is -0.480 e. The first kappa shape index (κ1) is 15.0. The molecule has 2 rings (SSSR count). The topological polar surface area (TPSA) is 74.7 Å². The van der Waals surface area contributed by atoms with E-state index in [0.29, 0.717) is 12.8 Å². The lowest BCUT2D eigenvalue weighted by atomic mass is 10.1. The van der Waals surface area contributed by atoms with Gasteiger partial charge in [-0.05, 0) is 56.4 Å². The predicted octanol–water partition coefficient (Wildman–Crippen LogP) is 1.93. The fourth-order valence-corrected chi connectivity index (χ4v) is 4.19. The van der Waals surface area contributed by atoms with Gasteiger partial charge in [0.05, 0.1) is 4.90 Å². The molecule has 0 aliphatic carbocycles. The third kappa shape index (κ3) is 2.71. The van der Waals surface area contributed by atoms with Gasteiger partial charge in [-0.1, -0.05) is 6.07 Å². The molecule has 1 unspecified atom stereocenters. The van der Waals surface area contributed by atoms with E-state index in [0.717, 1.165) is 21.9 Å². The van der Waals surface area contributed by atoms with E-state index in [1.165, 1.54) is 0 Å². The molecular formula is C14H19NO4S. The fraction of sp³-hybridized carbons (Fsp3) is 0.500. The molecule has 1 atom stereocenters. The standard InChI is InChI=1S/C14H19NO4S/c1-10-6-7-12(9-11(10)2)20(18,19)15-8-4-3-5-13(15)14(16)17/h6-7,9,13H,3-5,8H2,1-2H3,(H,16,17). The van der Waals surface area contributed by atoms with E-state index < -0.39 is 22.0 Å². The Kier molecular flexibility index (Phi) is 4.15. The van der Waals surface area contributed by atoms with Gasteiger partial charge in [0, 0.05) is 6.54 Å². The Morgan fingerprint density at radius 3 is 2.55 bits per heavy atom. The summed E-state index contributed by atoms with van der Waals surface area (Å²) >= 11 is 0. The Morgan fingerprint density at radius 2 is 1.95 bits per heavy atom. The molecule has 1 aliphatic rings. The molecule has 1 aromatic rings. The maximum Gasteiger partial charge on any atom is 0.322 e. The Hall–Kier alpha value is -1.40. The average molecular weight is 297 g/mol. The number of hydrogen-bond donors (Lipinski definition) is 1. The van der Waals surface area contributed by atoms with Crippen LogP contribution in [-0.2, 0) is 14.8 Å². The normalized spacial score (nSPS) is 20.8. The van der Waals surface area contributed by atoms with E-state index in [1.807, 2.05) is 13.8 Å². The molecule has 1 N–H and O–H groups in total. The second kappa shape index (κ2) is 5.54. The van der Waals surface area contributed by atoms with Crippen LogP contribution in [0.4, 0.5) is 0 Å². The van der Waals surface area contributed by atoms with Crippen LogP contribution in [0, 0.1) is 13.8 Å². The Bertz CT molecular complexity index is 624. The molecular weight excluding hydrogens is 278 g/mol. The van der Waals surface area contributed by atoms with Gasteiger partial charge in [-0.15, -0.1) is 0 Å². The summed E-state index contributed by atoms with van der Waals surface area (Å²) in [7, 11) is -3.74. The predicted molar refractivity (Wildman–Crippen MR) is 75.1 cm³/mol. The van der Waals surface area contributed by atoms with Crippen molar-refractivity contribution in [2.45, 2.75) is 44.0 Å². The van der Waals surface area contributed by atoms with Crippen molar-refractivity contribution in [2.24, 2.45) is 0 Å². The van der Waals surface area contributed by atoms with Gasteiger partial charge in [-0.3, -0.25) is 4.79 Å². The lowest BCUT2D eigenvalue weighted by Crippen LogP contribution is -2.47. The van der Waals surface area contributed by atoms with Gasteiger partial charge < -0.3 is 5.11 Å². The van der Waals surface area contributed by atoms with Crippen molar-refractivity contribution in [1.29, 1.82) is 0 Å². The quantitative estimate of drug-likeness (QED) is 0.925. The molecule has 5 nitrogen and oxygen atoms in total. The van der Waals surface area contributed by atoms with Crippen molar-refractivity contribution in [3.63, 3.8) is 0 Å². The van der Waals surface area contributed by atoms with Gasteiger partial charge in [0.1, 0.15) is 6.04 Å². The number of hydrogen-bond acceptors (Lipinski definition) is 3. The number of aliphatic carboxylic acids is 1. The van der Waals surface area contributed by atoms with Crippen molar-refractivity contribution in [3.05, 3.63) is 29.3 Å². The average Bonchev–Trinajstić information content (AvgIpc) is 2.41. The second-order valence-electron chi connectivity index (χ2n) is 5.21. The number of aryl methyl sites for hydroxylation is 2. The molecule has 0 amide bonds. The summed E-state index contributed by atoms with van der Waals surface area (Å²) in [6.45, 7) is 4.03. The third-order valence-electron chi connectivity index (χ3n) is 3.82. The zero-order chi connectivity index (χ0) is 14.9. The summed E-state index contributed by atoms with van der Waals surface area (Å²) in [6, 6.07) is 3.96. The van der Waals surface area contributed by atoms with Gasteiger partial charge >= 0.3 is 5.97 Å². The van der Waals surface area contributed by atoms with Gasteiger partial charge in [0.25, 0.3) is 0 Å². The molecule has 1 heterocycles. The third-order valence-corrected chi connectivity index (χ3v) is 5.73. The van der Waals surface area contributed by atoms with Crippen LogP contribution in [-0.4, -0.2) is 36.4 Å². The maximum absolute atomic E-state index is 12.6. The van der Waals surface area contributed by atoms with Crippen molar-refractivity contribution in [1.82, 2.24) is 4.31 Å². The molecule has 1 aromatic carbocycles. The molecule has 1 aliphatic heterocycles. The largest absolute Gasteiger partial charge is 0.480 e. The molecule has 1 fully saturated rings. The summed E-state index contributed by atoms with van der Waals surface area (Å²) in [4.78, 5) is 11.4. The molecule has 0 spiro atoms. The Morgan fingerprint density at radius 1 is 1.25 bits per heavy atom. The molecule has 110 valence electrons. The summed E-state index contributed by atoms with van der Waals surface area (Å²) in [5.74, 6) is -1.07. The van der Waals surface area contributed by atoms with E-state index in [2.05, 4.69) is 0 Å². The smallest absolute Gasteiger partial charge is 0.322 e. The first-order chi connectivity index (χ1) is 9.34. The number of nitrogens with zero attached hydrogens (tertiary/aromatic N) is 1. The fourth-order valence-electron chi connectivity index (χ4n) is 2.45. The van der Waals surface area contributed by atoms with Crippen molar-refractivity contribution in [2.75, 3.05) is 6.54 Å². The first-order valence-corrected chi connectivity index (χ1v) is 8.10. The van der Waals surface area contributed by atoms with Crippen LogP contribution in [0.3, 0.4) is 0 Å². The van der Waals surface area contributed by atoms with Crippen LogP contribution in [0.25, 0.3) is 0 Å². The highest BCUT2D eigenvalue weighted by Gasteiger charge is 2.37. The van der Waals surface area contributed by atoms with Crippen LogP contribution in [0.5, 0.6) is 0 Å². The highest BCUT2D eigenvalue weighted by atomic mass is 32.2. The summed E-state index contributed by atoms with van der Waals surface area (Å²) in [5, 5.41) is 9.21. The zero-order valence-corrected chi connectivity index (χ0v) is 12.5. The molecule has 0 saturated carbocycles. The Balaban J connectivity index is 2.42. The second-order valence-corrected chi connectivity index (χ2v) is 7.10. The van der Waals surface area contributed by atoms with Crippen LogP contribution in [0.15, 0.2) is 23.1 Å². The number of carboxylic acid groups (broad SMARTS) is 1. The molecule has 6 heteroatoms. The number of carboxylic acids is 1. The first-order valence-electron chi connectivity index (χ1n) is 6.66. The zero-order valence-electron chi connectivity index (χ0n) is 11.7. The van der Waals surface area contributed by atoms with Crippen molar-refractivity contribution >= 4 is 16.0 Å². The lowest BCUT2D eigenvalue weighted by molar-refractivity contribution is -0.142. The summed E-state index contributed by atoms with van der Waals surface area (Å²) in [5.41, 5.74) is 1.90. The van der Waals surface area contributed by atoms with Crippen molar-refractivity contribution in [3.8, 4) is 0 Å². The molecule has 0 radical (unpaired) electrons. The van der Waals surface area contributed by atoms with Crippen molar-refractivity contribution < 1.29 is 18.3 Å². The van der Waals surface area contributed by atoms with Gasteiger partial charge in [0.15, 0.2) is 0 Å². The molecule has 0 bridgehead atoms. The van der Waals surface area contributed by atoms with Crippen LogP contribution < -0.4 is 0 Å². The minimum atomic E-state index is -3.74. The molecule has 1 saturated heterocycles. The molecule has 20 heavy (non-hydrogen) atoms. The highest BCUT2D eigenvalue weighted by molar-refractivity contribution is 7.89. The summed E-state index contributed by atoms with van der Waals surface area (Å²) < 4.78 is 26.4. The Labute approximate surface area is 119 Å². The van der Waals surface area contributed by atoms with E-state index in [9.17, 15) is 18.3 Å². The van der Waals surface area contributed by atoms with Crippen LogP contribution in [0.1, 0.15) is 30.4 Å². The lowest BCUT2D eigenvalue weighted by Gasteiger charge is -2.32. The van der Waals surface area contributed by atoms with Gasteiger partial charge in [0.2, 0.25) is 10.0 Å². The van der Waals surface area contributed by atoms with Crippen LogP contribution in [0.2, 0.25) is 0 Å². The monoisotopic (exact) mass is 297 g/mol. The molecule has 0 aromatic heterocycles. The van der Waals surface area contributed by atoms with E-state index in [4.69, 9.17) is 0 Å². The number of carbonyl (C=O) groups is 1. The van der Waals surface area contributed by atoms with Gasteiger partial charge in [-0.25, -0.2) is 8.42 Å². The van der Waals surface area contributed by atoms with E-state index >= 15 is 0 Å². The number of benzene rings is 1. The number of rotatable bonds is 3. The van der Waals surface area contributed by atoms with E-state index in [1.54, 1.807) is 18.2 Å².